The number of hydrogen-bond acceptors (Lipinski definition) is 5. The Morgan fingerprint density at radius 2 is 1.12 bits per heavy atom. The van der Waals surface area contributed by atoms with Crippen molar-refractivity contribution in [1.29, 1.82) is 0 Å². The zero-order valence-corrected chi connectivity index (χ0v) is 27.3. The number of para-hydroxylation sites is 3. The summed E-state index contributed by atoms with van der Waals surface area (Å²) in [7, 11) is 0. The highest BCUT2D eigenvalue weighted by Crippen LogP contribution is 2.48. The van der Waals surface area contributed by atoms with Gasteiger partial charge in [-0.1, -0.05) is 84.9 Å². The van der Waals surface area contributed by atoms with Gasteiger partial charge >= 0.3 is 0 Å². The van der Waals surface area contributed by atoms with Crippen LogP contribution >= 0.6 is 0 Å². The Bertz CT molecular complexity index is 3590. The molecule has 52 heavy (non-hydrogen) atoms. The Morgan fingerprint density at radius 3 is 2.06 bits per heavy atom. The molecule has 13 rings (SSSR count). The van der Waals surface area contributed by atoms with Crippen LogP contribution < -0.4 is 0 Å². The molecule has 0 aliphatic rings. The summed E-state index contributed by atoms with van der Waals surface area (Å²) in [4.78, 5) is 15.6. The van der Waals surface area contributed by atoms with E-state index in [0.29, 0.717) is 17.6 Å². The normalized spacial score (nSPS) is 12.6. The zero-order valence-electron chi connectivity index (χ0n) is 27.3. The van der Waals surface area contributed by atoms with Crippen LogP contribution in [0.2, 0.25) is 0 Å². The summed E-state index contributed by atoms with van der Waals surface area (Å²) in [5, 5.41) is 9.02. The molecule has 6 heterocycles. The third-order valence-corrected chi connectivity index (χ3v) is 10.9. The first-order valence-corrected chi connectivity index (χ1v) is 17.4. The molecule has 6 aromatic heterocycles. The van der Waals surface area contributed by atoms with E-state index in [2.05, 4.69) is 87.8 Å². The van der Waals surface area contributed by atoms with Crippen molar-refractivity contribution >= 4 is 93.0 Å². The third kappa shape index (κ3) is 3.19. The smallest absolute Gasteiger partial charge is 0.238 e. The van der Waals surface area contributed by atoms with Gasteiger partial charge in [-0.25, -0.2) is 4.98 Å². The van der Waals surface area contributed by atoms with Gasteiger partial charge in [0.2, 0.25) is 5.95 Å². The minimum absolute atomic E-state index is 0.532. The van der Waals surface area contributed by atoms with E-state index in [1.807, 2.05) is 60.7 Å². The highest BCUT2D eigenvalue weighted by molar-refractivity contribution is 6.37. The monoisotopic (exact) mass is 665 g/mol. The van der Waals surface area contributed by atoms with E-state index < -0.39 is 0 Å². The molecular weight excluding hydrogens is 643 g/mol. The SMILES string of the molecule is c1ccc(-c2nc(-c3cccc4c3oc3ccccc34)nc(-n3c4ccc5oc6ccc7c8ccccc8n8c9cccc3c9c4c5c6c78)n2)cc1. The van der Waals surface area contributed by atoms with Crippen LogP contribution in [-0.4, -0.2) is 23.9 Å². The third-order valence-electron chi connectivity index (χ3n) is 10.9. The van der Waals surface area contributed by atoms with Crippen molar-refractivity contribution < 1.29 is 8.83 Å². The largest absolute Gasteiger partial charge is 0.456 e. The molecule has 7 heteroatoms. The summed E-state index contributed by atoms with van der Waals surface area (Å²) in [6.45, 7) is 0. The van der Waals surface area contributed by atoms with Crippen LogP contribution in [0.4, 0.5) is 0 Å². The van der Waals surface area contributed by atoms with Gasteiger partial charge in [0, 0.05) is 43.3 Å². The summed E-state index contributed by atoms with van der Waals surface area (Å²) in [6.07, 6.45) is 0. The molecular formula is C45H23N5O2. The van der Waals surface area contributed by atoms with Crippen LogP contribution in [0.1, 0.15) is 0 Å². The molecule has 7 nitrogen and oxygen atoms in total. The maximum Gasteiger partial charge on any atom is 0.238 e. The van der Waals surface area contributed by atoms with Crippen molar-refractivity contribution in [3.63, 3.8) is 0 Å². The quantitative estimate of drug-likeness (QED) is 0.188. The molecule has 0 atom stereocenters. The molecule has 0 radical (unpaired) electrons. The maximum absolute atomic E-state index is 6.60. The Morgan fingerprint density at radius 1 is 0.404 bits per heavy atom. The fourth-order valence-electron chi connectivity index (χ4n) is 8.81. The number of aromatic nitrogens is 5. The van der Waals surface area contributed by atoms with Crippen LogP contribution in [0.5, 0.6) is 0 Å². The highest BCUT2D eigenvalue weighted by Gasteiger charge is 2.27. The predicted octanol–water partition coefficient (Wildman–Crippen LogP) is 11.5. The van der Waals surface area contributed by atoms with Gasteiger partial charge in [0.15, 0.2) is 11.6 Å². The van der Waals surface area contributed by atoms with Gasteiger partial charge in [-0.05, 0) is 54.6 Å². The second-order valence-corrected chi connectivity index (χ2v) is 13.6. The molecule has 0 saturated heterocycles. The van der Waals surface area contributed by atoms with Gasteiger partial charge in [0.05, 0.1) is 38.5 Å². The highest BCUT2D eigenvalue weighted by atomic mass is 16.3. The van der Waals surface area contributed by atoms with E-state index in [1.165, 1.54) is 16.3 Å². The molecule has 13 aromatic rings. The van der Waals surface area contributed by atoms with E-state index in [4.69, 9.17) is 23.8 Å². The molecule has 0 N–H and O–H groups in total. The van der Waals surface area contributed by atoms with Crippen molar-refractivity contribution in [2.75, 3.05) is 0 Å². The summed E-state index contributed by atoms with van der Waals surface area (Å²) < 4.78 is 17.7. The number of hydrogen-bond donors (Lipinski definition) is 0. The van der Waals surface area contributed by atoms with Gasteiger partial charge in [0.1, 0.15) is 22.3 Å². The molecule has 0 spiro atoms. The van der Waals surface area contributed by atoms with Crippen molar-refractivity contribution in [1.82, 2.24) is 23.9 Å². The van der Waals surface area contributed by atoms with Gasteiger partial charge in [-0.2, -0.15) is 9.97 Å². The van der Waals surface area contributed by atoms with Crippen LogP contribution in [-0.2, 0) is 0 Å². The molecule has 0 aliphatic carbocycles. The summed E-state index contributed by atoms with van der Waals surface area (Å²) in [5.74, 6) is 1.66. The fourth-order valence-corrected chi connectivity index (χ4v) is 8.81. The van der Waals surface area contributed by atoms with E-state index in [0.717, 1.165) is 87.8 Å². The lowest BCUT2D eigenvalue weighted by molar-refractivity contribution is 0.669. The lowest BCUT2D eigenvalue weighted by Crippen LogP contribution is -2.06. The molecule has 0 fully saturated rings. The molecule has 7 aromatic carbocycles. The second kappa shape index (κ2) is 9.29. The maximum atomic E-state index is 6.60. The minimum Gasteiger partial charge on any atom is -0.456 e. The van der Waals surface area contributed by atoms with Gasteiger partial charge in [-0.15, -0.1) is 0 Å². The van der Waals surface area contributed by atoms with Crippen molar-refractivity contribution in [2.45, 2.75) is 0 Å². The number of fused-ring (bicyclic) bond motifs is 7. The summed E-state index contributed by atoms with van der Waals surface area (Å²) >= 11 is 0. The van der Waals surface area contributed by atoms with E-state index in [1.54, 1.807) is 0 Å². The van der Waals surface area contributed by atoms with Crippen LogP contribution in [0.15, 0.2) is 148 Å². The Labute approximate surface area is 293 Å². The predicted molar refractivity (Wildman–Crippen MR) is 208 cm³/mol. The Kier molecular flexibility index (Phi) is 4.75. The van der Waals surface area contributed by atoms with Crippen LogP contribution in [0, 0.1) is 0 Å². The summed E-state index contributed by atoms with van der Waals surface area (Å²) in [5.41, 5.74) is 10.5. The molecule has 0 unspecified atom stereocenters. The standard InChI is InChI=1S/C45H23N5O2/c1-2-10-24(11-3-1)43-46-44(29-15-8-14-28-26-13-5-7-19-34(26)52-42(28)29)48-45(47-43)50-32-18-9-17-31-37(32)38-33(50)21-23-35-39(38)40-36(51-35)22-20-27-25-12-4-6-16-30(25)49(31)41(27)40/h1-23H. The summed E-state index contributed by atoms with van der Waals surface area (Å²) in [6, 6.07) is 48.2. The topological polar surface area (TPSA) is 74.3 Å². The van der Waals surface area contributed by atoms with Crippen LogP contribution in [0.25, 0.3) is 122 Å². The molecule has 0 saturated carbocycles. The van der Waals surface area contributed by atoms with E-state index >= 15 is 0 Å². The molecule has 0 aliphatic heterocycles. The van der Waals surface area contributed by atoms with Gasteiger partial charge in [-0.3, -0.25) is 4.57 Å². The average molecular weight is 666 g/mol. The van der Waals surface area contributed by atoms with Gasteiger partial charge in [0.25, 0.3) is 0 Å². The van der Waals surface area contributed by atoms with E-state index in [9.17, 15) is 0 Å². The first-order valence-electron chi connectivity index (χ1n) is 17.4. The lowest BCUT2D eigenvalue weighted by Gasteiger charge is -2.11. The number of benzene rings is 7. The minimum atomic E-state index is 0.532. The number of rotatable bonds is 3. The Hall–Kier alpha value is -7.25. The van der Waals surface area contributed by atoms with Gasteiger partial charge < -0.3 is 13.2 Å². The van der Waals surface area contributed by atoms with Crippen molar-refractivity contribution in [2.24, 2.45) is 0 Å². The molecule has 0 bridgehead atoms. The van der Waals surface area contributed by atoms with Crippen molar-refractivity contribution in [3.8, 4) is 28.7 Å². The Balaban J connectivity index is 1.21. The average Bonchev–Trinajstić information content (AvgIpc) is 3.93. The fraction of sp³-hybridized carbons (Fsp3) is 0. The van der Waals surface area contributed by atoms with E-state index in [-0.39, 0.29) is 0 Å². The molecule has 0 amide bonds. The number of nitrogens with zero attached hydrogens (tertiary/aromatic N) is 5. The zero-order chi connectivity index (χ0) is 33.7. The van der Waals surface area contributed by atoms with Crippen molar-refractivity contribution in [3.05, 3.63) is 140 Å². The first kappa shape index (κ1) is 26.6. The first-order chi connectivity index (χ1) is 25.8. The number of furan rings is 2. The second-order valence-electron chi connectivity index (χ2n) is 13.6. The van der Waals surface area contributed by atoms with Crippen LogP contribution in [0.3, 0.4) is 0 Å². The molecule has 240 valence electrons. The lowest BCUT2D eigenvalue weighted by atomic mass is 10.0.